The van der Waals surface area contributed by atoms with Gasteiger partial charge < -0.3 is 20.1 Å². The van der Waals surface area contributed by atoms with E-state index in [2.05, 4.69) is 36.3 Å². The molecule has 2 N–H and O–H groups in total. The lowest BCUT2D eigenvalue weighted by Gasteiger charge is -2.26. The van der Waals surface area contributed by atoms with Gasteiger partial charge in [0.2, 0.25) is 5.91 Å². The van der Waals surface area contributed by atoms with Crippen molar-refractivity contribution >= 4 is 23.2 Å². The number of amides is 2. The summed E-state index contributed by atoms with van der Waals surface area (Å²) >= 11 is 0. The average molecular weight is 472 g/mol. The predicted octanol–water partition coefficient (Wildman–Crippen LogP) is 4.19. The smallest absolute Gasteiger partial charge is 0.265 e. The van der Waals surface area contributed by atoms with Crippen molar-refractivity contribution in [2.75, 3.05) is 43.5 Å². The molecule has 2 amide bonds. The van der Waals surface area contributed by atoms with Gasteiger partial charge in [0, 0.05) is 31.7 Å². The van der Waals surface area contributed by atoms with Gasteiger partial charge in [0.25, 0.3) is 5.91 Å². The van der Waals surface area contributed by atoms with Gasteiger partial charge in [0.1, 0.15) is 11.6 Å². The fourth-order valence-corrected chi connectivity index (χ4v) is 3.53. The Hall–Kier alpha value is -2.97. The molecule has 0 aliphatic carbocycles. The molecule has 0 spiro atoms. The summed E-state index contributed by atoms with van der Waals surface area (Å²) in [7, 11) is 0. The van der Waals surface area contributed by atoms with Crippen LogP contribution in [0.5, 0.6) is 5.75 Å². The highest BCUT2D eigenvalue weighted by Gasteiger charge is 2.18. The Balaban J connectivity index is 1.53. The summed E-state index contributed by atoms with van der Waals surface area (Å²) in [6.07, 6.45) is -0.522. The van der Waals surface area contributed by atoms with E-state index in [1.807, 2.05) is 24.3 Å². The van der Waals surface area contributed by atoms with E-state index in [1.54, 1.807) is 6.92 Å². The van der Waals surface area contributed by atoms with Gasteiger partial charge in [-0.15, -0.1) is 0 Å². The minimum atomic E-state index is -0.767. The van der Waals surface area contributed by atoms with Crippen LogP contribution in [0, 0.1) is 5.82 Å². The van der Waals surface area contributed by atoms with Crippen LogP contribution >= 0.6 is 0 Å². The second-order valence-electron chi connectivity index (χ2n) is 9.47. The summed E-state index contributed by atoms with van der Waals surface area (Å²) in [4.78, 5) is 27.0. The molecule has 2 aromatic rings. The molecule has 1 aliphatic heterocycles. The molecule has 0 aromatic heterocycles. The molecule has 0 saturated carbocycles. The zero-order chi connectivity index (χ0) is 24.7. The Morgan fingerprint density at radius 1 is 1.09 bits per heavy atom. The molecular formula is C26H34FN3O4. The summed E-state index contributed by atoms with van der Waals surface area (Å²) in [5.41, 5.74) is 1.59. The first-order chi connectivity index (χ1) is 16.1. The van der Waals surface area contributed by atoms with Crippen LogP contribution in [0.25, 0.3) is 0 Å². The van der Waals surface area contributed by atoms with E-state index in [0.29, 0.717) is 31.2 Å². The van der Waals surface area contributed by atoms with Crippen molar-refractivity contribution in [2.45, 2.75) is 45.6 Å². The first-order valence-corrected chi connectivity index (χ1v) is 11.6. The maximum Gasteiger partial charge on any atom is 0.265 e. The van der Waals surface area contributed by atoms with E-state index in [0.717, 1.165) is 13.1 Å². The first-order valence-electron chi connectivity index (χ1n) is 11.6. The maximum absolute atomic E-state index is 14.2. The Morgan fingerprint density at radius 2 is 1.76 bits per heavy atom. The summed E-state index contributed by atoms with van der Waals surface area (Å²) in [6, 6.07) is 11.7. The molecule has 1 saturated heterocycles. The van der Waals surface area contributed by atoms with Crippen LogP contribution < -0.4 is 15.4 Å². The number of anilines is 2. The third-order valence-electron chi connectivity index (χ3n) is 5.67. The minimum Gasteiger partial charge on any atom is -0.481 e. The molecule has 1 atom stereocenters. The fraction of sp³-hybridized carbons (Fsp3) is 0.462. The molecule has 34 heavy (non-hydrogen) atoms. The monoisotopic (exact) mass is 471 g/mol. The second-order valence-corrected chi connectivity index (χ2v) is 9.47. The molecule has 1 fully saturated rings. The molecule has 0 bridgehead atoms. The van der Waals surface area contributed by atoms with Gasteiger partial charge in [-0.25, -0.2) is 4.39 Å². The number of carbonyl (C=O) groups is 2. The summed E-state index contributed by atoms with van der Waals surface area (Å²) in [6.45, 7) is 11.5. The highest BCUT2D eigenvalue weighted by atomic mass is 19.1. The average Bonchev–Trinajstić information content (AvgIpc) is 2.80. The SMILES string of the molecule is CC(Oc1ccc(C(C)(C)C)cc1)C(=O)Nc1ccc(F)c(NC(=O)CCN2CCOCC2)c1. The molecule has 2 aromatic carbocycles. The van der Waals surface area contributed by atoms with E-state index in [9.17, 15) is 14.0 Å². The number of nitrogens with zero attached hydrogens (tertiary/aromatic N) is 1. The largest absolute Gasteiger partial charge is 0.481 e. The van der Waals surface area contributed by atoms with Gasteiger partial charge in [-0.1, -0.05) is 32.9 Å². The number of hydrogen-bond acceptors (Lipinski definition) is 5. The third kappa shape index (κ3) is 7.53. The zero-order valence-electron chi connectivity index (χ0n) is 20.3. The van der Waals surface area contributed by atoms with E-state index in [4.69, 9.17) is 9.47 Å². The van der Waals surface area contributed by atoms with Gasteiger partial charge in [-0.05, 0) is 48.2 Å². The van der Waals surface area contributed by atoms with Crippen molar-refractivity contribution in [3.63, 3.8) is 0 Å². The van der Waals surface area contributed by atoms with Gasteiger partial charge in [0.05, 0.1) is 18.9 Å². The lowest BCUT2D eigenvalue weighted by molar-refractivity contribution is -0.122. The summed E-state index contributed by atoms with van der Waals surface area (Å²) in [5.74, 6) is -0.649. The number of morpholine rings is 1. The van der Waals surface area contributed by atoms with Crippen molar-refractivity contribution in [1.29, 1.82) is 0 Å². The molecule has 7 nitrogen and oxygen atoms in total. The van der Waals surface area contributed by atoms with Gasteiger partial charge in [-0.3, -0.25) is 14.5 Å². The van der Waals surface area contributed by atoms with Crippen molar-refractivity contribution in [1.82, 2.24) is 4.90 Å². The number of hydrogen-bond donors (Lipinski definition) is 2. The van der Waals surface area contributed by atoms with Crippen LogP contribution in [0.15, 0.2) is 42.5 Å². The number of ether oxygens (including phenoxy) is 2. The van der Waals surface area contributed by atoms with Crippen molar-refractivity contribution in [3.05, 3.63) is 53.8 Å². The number of carbonyl (C=O) groups excluding carboxylic acids is 2. The molecular weight excluding hydrogens is 437 g/mol. The van der Waals surface area contributed by atoms with Crippen LogP contribution in [0.4, 0.5) is 15.8 Å². The van der Waals surface area contributed by atoms with E-state index in [-0.39, 0.29) is 29.3 Å². The lowest BCUT2D eigenvalue weighted by atomic mass is 9.87. The quantitative estimate of drug-likeness (QED) is 0.604. The topological polar surface area (TPSA) is 79.9 Å². The Bertz CT molecular complexity index is 983. The molecule has 1 aliphatic rings. The van der Waals surface area contributed by atoms with Crippen molar-refractivity contribution in [3.8, 4) is 5.75 Å². The van der Waals surface area contributed by atoms with Gasteiger partial charge >= 0.3 is 0 Å². The normalized spacial score (nSPS) is 15.4. The molecule has 8 heteroatoms. The second kappa shape index (κ2) is 11.4. The summed E-state index contributed by atoms with van der Waals surface area (Å²) in [5, 5.41) is 5.31. The molecule has 184 valence electrons. The standard InChI is InChI=1S/C26H34FN3O4/c1-18(34-21-8-5-19(6-9-21)26(2,3)4)25(32)28-20-7-10-22(27)23(17-20)29-24(31)11-12-30-13-15-33-16-14-30/h5-10,17-18H,11-16H2,1-4H3,(H,28,32)(H,29,31). The van der Waals surface area contributed by atoms with Crippen LogP contribution in [0.1, 0.15) is 39.7 Å². The van der Waals surface area contributed by atoms with Gasteiger partial charge in [0.15, 0.2) is 6.10 Å². The fourth-order valence-electron chi connectivity index (χ4n) is 3.53. The van der Waals surface area contributed by atoms with E-state index < -0.39 is 11.9 Å². The maximum atomic E-state index is 14.2. The van der Waals surface area contributed by atoms with Crippen LogP contribution in [-0.2, 0) is 19.7 Å². The third-order valence-corrected chi connectivity index (χ3v) is 5.67. The Morgan fingerprint density at radius 3 is 2.41 bits per heavy atom. The zero-order valence-corrected chi connectivity index (χ0v) is 20.3. The number of halogens is 1. The molecule has 1 heterocycles. The Labute approximate surface area is 200 Å². The minimum absolute atomic E-state index is 0.0242. The number of benzene rings is 2. The number of nitrogens with one attached hydrogen (secondary N) is 2. The van der Waals surface area contributed by atoms with Crippen LogP contribution in [-0.4, -0.2) is 55.7 Å². The molecule has 3 rings (SSSR count). The first kappa shape index (κ1) is 25.6. The number of rotatable bonds is 8. The highest BCUT2D eigenvalue weighted by Crippen LogP contribution is 2.25. The van der Waals surface area contributed by atoms with Crippen molar-refractivity contribution < 1.29 is 23.5 Å². The Kier molecular flexibility index (Phi) is 8.63. The van der Waals surface area contributed by atoms with Crippen molar-refractivity contribution in [2.24, 2.45) is 0 Å². The predicted molar refractivity (Wildman–Crippen MR) is 131 cm³/mol. The van der Waals surface area contributed by atoms with Gasteiger partial charge in [-0.2, -0.15) is 0 Å². The van der Waals surface area contributed by atoms with Crippen LogP contribution in [0.3, 0.4) is 0 Å². The highest BCUT2D eigenvalue weighted by molar-refractivity contribution is 5.96. The lowest BCUT2D eigenvalue weighted by Crippen LogP contribution is -2.38. The van der Waals surface area contributed by atoms with Crippen LogP contribution in [0.2, 0.25) is 0 Å². The summed E-state index contributed by atoms with van der Waals surface area (Å²) < 4.78 is 25.3. The molecule has 0 radical (unpaired) electrons. The molecule has 1 unspecified atom stereocenters. The van der Waals surface area contributed by atoms with E-state index >= 15 is 0 Å². The van der Waals surface area contributed by atoms with E-state index in [1.165, 1.54) is 23.8 Å².